The number of halogens is 1. The van der Waals surface area contributed by atoms with Gasteiger partial charge in [-0.05, 0) is 38.1 Å². The van der Waals surface area contributed by atoms with Crippen molar-refractivity contribution in [3.05, 3.63) is 58.7 Å². The molecule has 2 aromatic heterocycles. The molecule has 0 aliphatic rings. The van der Waals surface area contributed by atoms with E-state index in [-0.39, 0.29) is 29.6 Å². The standard InChI is InChI=1S/C19H19FN4O4/c1-10-14(18(25)23-21)8-16(26-3)19(22-10)27-9-15-11(2)28-24-17(15)12-4-6-13(20)7-5-12/h4-8H,9,21H2,1-3H3,(H,23,25). The van der Waals surface area contributed by atoms with Crippen molar-refractivity contribution in [1.82, 2.24) is 15.6 Å². The number of nitrogen functional groups attached to an aromatic ring is 1. The number of benzene rings is 1. The highest BCUT2D eigenvalue weighted by Gasteiger charge is 2.19. The lowest BCUT2D eigenvalue weighted by Crippen LogP contribution is -2.30. The van der Waals surface area contributed by atoms with E-state index in [0.717, 1.165) is 0 Å². The summed E-state index contributed by atoms with van der Waals surface area (Å²) in [7, 11) is 1.44. The first-order chi connectivity index (χ1) is 13.4. The predicted octanol–water partition coefficient (Wildman–Crippen LogP) is 2.68. The fourth-order valence-corrected chi connectivity index (χ4v) is 2.66. The van der Waals surface area contributed by atoms with Crippen molar-refractivity contribution in [2.24, 2.45) is 5.84 Å². The molecule has 3 aromatic rings. The van der Waals surface area contributed by atoms with Gasteiger partial charge in [0, 0.05) is 11.6 Å². The summed E-state index contributed by atoms with van der Waals surface area (Å²) in [6, 6.07) is 7.41. The summed E-state index contributed by atoms with van der Waals surface area (Å²) >= 11 is 0. The van der Waals surface area contributed by atoms with Crippen molar-refractivity contribution in [2.45, 2.75) is 20.5 Å². The first kappa shape index (κ1) is 19.3. The van der Waals surface area contributed by atoms with Gasteiger partial charge in [0.2, 0.25) is 0 Å². The number of hydrogen-bond acceptors (Lipinski definition) is 7. The van der Waals surface area contributed by atoms with Crippen molar-refractivity contribution < 1.29 is 23.2 Å². The lowest BCUT2D eigenvalue weighted by molar-refractivity contribution is 0.0952. The number of aryl methyl sites for hydroxylation is 2. The van der Waals surface area contributed by atoms with Crippen LogP contribution in [0.2, 0.25) is 0 Å². The second kappa shape index (κ2) is 8.05. The van der Waals surface area contributed by atoms with Gasteiger partial charge in [0.15, 0.2) is 5.75 Å². The SMILES string of the molecule is COc1cc(C(=O)NN)c(C)nc1OCc1c(-c2ccc(F)cc2)noc1C. The third-order valence-corrected chi connectivity index (χ3v) is 4.20. The molecule has 0 saturated carbocycles. The lowest BCUT2D eigenvalue weighted by atomic mass is 10.1. The monoisotopic (exact) mass is 386 g/mol. The molecule has 0 unspecified atom stereocenters. The number of hydrazine groups is 1. The number of ether oxygens (including phenoxy) is 2. The molecule has 0 saturated heterocycles. The molecule has 0 atom stereocenters. The van der Waals surface area contributed by atoms with Crippen LogP contribution < -0.4 is 20.7 Å². The van der Waals surface area contributed by atoms with Crippen molar-refractivity contribution in [2.75, 3.05) is 7.11 Å². The van der Waals surface area contributed by atoms with Gasteiger partial charge >= 0.3 is 0 Å². The van der Waals surface area contributed by atoms with E-state index in [1.165, 1.54) is 25.3 Å². The van der Waals surface area contributed by atoms with Crippen LogP contribution in [-0.2, 0) is 6.61 Å². The quantitative estimate of drug-likeness (QED) is 0.380. The fraction of sp³-hybridized carbons (Fsp3) is 0.211. The van der Waals surface area contributed by atoms with E-state index in [9.17, 15) is 9.18 Å². The minimum atomic E-state index is -0.483. The summed E-state index contributed by atoms with van der Waals surface area (Å²) in [5, 5.41) is 4.04. The van der Waals surface area contributed by atoms with Crippen molar-refractivity contribution in [3.63, 3.8) is 0 Å². The Balaban J connectivity index is 1.89. The van der Waals surface area contributed by atoms with Gasteiger partial charge in [-0.25, -0.2) is 15.2 Å². The number of rotatable bonds is 6. The van der Waals surface area contributed by atoms with Crippen molar-refractivity contribution in [3.8, 4) is 22.9 Å². The molecule has 146 valence electrons. The number of aromatic nitrogens is 2. The Bertz CT molecular complexity index is 1000. The average Bonchev–Trinajstić information content (AvgIpc) is 3.06. The van der Waals surface area contributed by atoms with Crippen LogP contribution in [0.15, 0.2) is 34.9 Å². The second-order valence-electron chi connectivity index (χ2n) is 5.96. The van der Waals surface area contributed by atoms with Gasteiger partial charge in [-0.3, -0.25) is 10.2 Å². The van der Waals surface area contributed by atoms with Crippen LogP contribution in [0.5, 0.6) is 11.6 Å². The van der Waals surface area contributed by atoms with Gasteiger partial charge in [0.05, 0.1) is 23.9 Å². The van der Waals surface area contributed by atoms with E-state index < -0.39 is 5.91 Å². The lowest BCUT2D eigenvalue weighted by Gasteiger charge is -2.13. The summed E-state index contributed by atoms with van der Waals surface area (Å²) in [5.41, 5.74) is 4.71. The topological polar surface area (TPSA) is 112 Å². The van der Waals surface area contributed by atoms with E-state index in [1.54, 1.807) is 26.0 Å². The van der Waals surface area contributed by atoms with Crippen LogP contribution in [-0.4, -0.2) is 23.2 Å². The molecule has 3 rings (SSSR count). The van der Waals surface area contributed by atoms with Crippen LogP contribution in [0.25, 0.3) is 11.3 Å². The number of pyridine rings is 1. The van der Waals surface area contributed by atoms with Crippen LogP contribution in [0.4, 0.5) is 4.39 Å². The Morgan fingerprint density at radius 2 is 2.00 bits per heavy atom. The van der Waals surface area contributed by atoms with Crippen molar-refractivity contribution in [1.29, 1.82) is 0 Å². The molecule has 8 nitrogen and oxygen atoms in total. The van der Waals surface area contributed by atoms with Crippen LogP contribution in [0.1, 0.15) is 27.4 Å². The number of amides is 1. The van der Waals surface area contributed by atoms with Gasteiger partial charge in [-0.2, -0.15) is 0 Å². The van der Waals surface area contributed by atoms with Gasteiger partial charge < -0.3 is 14.0 Å². The van der Waals surface area contributed by atoms with Gasteiger partial charge in [-0.1, -0.05) is 5.16 Å². The summed E-state index contributed by atoms with van der Waals surface area (Å²) < 4.78 is 29.5. The van der Waals surface area contributed by atoms with E-state index in [4.69, 9.17) is 19.8 Å². The number of nitrogens with zero attached hydrogens (tertiary/aromatic N) is 2. The second-order valence-corrected chi connectivity index (χ2v) is 5.96. The average molecular weight is 386 g/mol. The molecule has 0 radical (unpaired) electrons. The number of methoxy groups -OCH3 is 1. The molecule has 0 aliphatic heterocycles. The maximum Gasteiger partial charge on any atom is 0.267 e. The zero-order valence-corrected chi connectivity index (χ0v) is 15.6. The van der Waals surface area contributed by atoms with Crippen LogP contribution in [0.3, 0.4) is 0 Å². The highest BCUT2D eigenvalue weighted by molar-refractivity contribution is 5.95. The molecular weight excluding hydrogens is 367 g/mol. The predicted molar refractivity (Wildman–Crippen MR) is 98.1 cm³/mol. The fourth-order valence-electron chi connectivity index (χ4n) is 2.66. The number of nitrogens with one attached hydrogen (secondary N) is 1. The van der Waals surface area contributed by atoms with E-state index in [2.05, 4.69) is 15.6 Å². The van der Waals surface area contributed by atoms with Gasteiger partial charge in [0.1, 0.15) is 23.9 Å². The maximum atomic E-state index is 13.2. The number of hydrogen-bond donors (Lipinski definition) is 2. The Hall–Kier alpha value is -3.46. The Morgan fingerprint density at radius 3 is 2.64 bits per heavy atom. The molecular formula is C19H19FN4O4. The Kier molecular flexibility index (Phi) is 5.55. The molecule has 0 spiro atoms. The molecule has 0 aliphatic carbocycles. The van der Waals surface area contributed by atoms with Crippen LogP contribution in [0, 0.1) is 19.7 Å². The minimum absolute atomic E-state index is 0.0906. The number of carbonyl (C=O) groups excluding carboxylic acids is 1. The molecule has 9 heteroatoms. The summed E-state index contributed by atoms with van der Waals surface area (Å²) in [4.78, 5) is 16.1. The normalized spacial score (nSPS) is 10.6. The van der Waals surface area contributed by atoms with E-state index >= 15 is 0 Å². The van der Waals surface area contributed by atoms with Crippen molar-refractivity contribution >= 4 is 5.91 Å². The Labute approximate surface area is 160 Å². The molecule has 3 N–H and O–H groups in total. The molecule has 2 heterocycles. The summed E-state index contributed by atoms with van der Waals surface area (Å²) in [5.74, 6) is 5.41. The highest BCUT2D eigenvalue weighted by Crippen LogP contribution is 2.30. The zero-order valence-electron chi connectivity index (χ0n) is 15.6. The largest absolute Gasteiger partial charge is 0.491 e. The Morgan fingerprint density at radius 1 is 1.29 bits per heavy atom. The zero-order chi connectivity index (χ0) is 20.3. The highest BCUT2D eigenvalue weighted by atomic mass is 19.1. The first-order valence-corrected chi connectivity index (χ1v) is 8.35. The summed E-state index contributed by atoms with van der Waals surface area (Å²) in [6.45, 7) is 3.50. The smallest absolute Gasteiger partial charge is 0.267 e. The molecule has 0 fully saturated rings. The third-order valence-electron chi connectivity index (χ3n) is 4.20. The number of carbonyl (C=O) groups is 1. The molecule has 1 aromatic carbocycles. The minimum Gasteiger partial charge on any atom is -0.491 e. The van der Waals surface area contributed by atoms with E-state index in [1.807, 2.05) is 0 Å². The van der Waals surface area contributed by atoms with Gasteiger partial charge in [-0.15, -0.1) is 0 Å². The number of nitrogens with two attached hydrogens (primary N) is 1. The maximum absolute atomic E-state index is 13.2. The molecule has 0 bridgehead atoms. The van der Waals surface area contributed by atoms with Crippen LogP contribution >= 0.6 is 0 Å². The van der Waals surface area contributed by atoms with E-state index in [0.29, 0.717) is 28.3 Å². The third kappa shape index (κ3) is 3.79. The first-order valence-electron chi connectivity index (χ1n) is 8.35. The molecule has 28 heavy (non-hydrogen) atoms. The van der Waals surface area contributed by atoms with Gasteiger partial charge in [0.25, 0.3) is 11.8 Å². The molecule has 1 amide bonds. The summed E-state index contributed by atoms with van der Waals surface area (Å²) in [6.07, 6.45) is 0.